The van der Waals surface area contributed by atoms with E-state index in [0.717, 1.165) is 22.4 Å². The molecule has 0 fully saturated rings. The minimum atomic E-state index is -3.86. The first-order valence-corrected chi connectivity index (χ1v) is 14.0. The number of hydrogen-bond donors (Lipinski definition) is 2. The third kappa shape index (κ3) is 6.92. The molecule has 0 unspecified atom stereocenters. The SMILES string of the molecule is Cc1ccc(C)c(NS(=O)(=O)c2cc(C(=O)NCCSCc3ccc(Cl)c(Cl)c3)ccc2C)c1. The van der Waals surface area contributed by atoms with Crippen molar-refractivity contribution in [2.24, 2.45) is 0 Å². The first-order valence-electron chi connectivity index (χ1n) is 10.6. The van der Waals surface area contributed by atoms with Crippen molar-refractivity contribution >= 4 is 56.6 Å². The average molecular weight is 538 g/mol. The van der Waals surface area contributed by atoms with Crippen LogP contribution in [-0.4, -0.2) is 26.6 Å². The summed E-state index contributed by atoms with van der Waals surface area (Å²) in [5.74, 6) is 1.11. The number of rotatable bonds is 9. The number of carbonyl (C=O) groups is 1. The molecule has 5 nitrogen and oxygen atoms in total. The highest BCUT2D eigenvalue weighted by Crippen LogP contribution is 2.25. The molecule has 0 aromatic heterocycles. The Morgan fingerprint density at radius 3 is 2.38 bits per heavy atom. The molecular weight excluding hydrogens is 511 g/mol. The lowest BCUT2D eigenvalue weighted by Gasteiger charge is -2.14. The van der Waals surface area contributed by atoms with Crippen molar-refractivity contribution in [3.63, 3.8) is 0 Å². The molecule has 0 saturated heterocycles. The second kappa shape index (κ2) is 11.5. The predicted octanol–water partition coefficient (Wildman–Crippen LogP) is 6.38. The maximum absolute atomic E-state index is 13.1. The molecule has 3 aromatic carbocycles. The topological polar surface area (TPSA) is 75.3 Å². The van der Waals surface area contributed by atoms with Crippen molar-refractivity contribution in [2.45, 2.75) is 31.4 Å². The molecule has 0 aliphatic carbocycles. The maximum Gasteiger partial charge on any atom is 0.262 e. The van der Waals surface area contributed by atoms with Crippen molar-refractivity contribution < 1.29 is 13.2 Å². The molecule has 0 aliphatic rings. The van der Waals surface area contributed by atoms with Crippen LogP contribution in [0.4, 0.5) is 5.69 Å². The van der Waals surface area contributed by atoms with E-state index < -0.39 is 10.0 Å². The Morgan fingerprint density at radius 1 is 0.912 bits per heavy atom. The summed E-state index contributed by atoms with van der Waals surface area (Å²) < 4.78 is 28.8. The summed E-state index contributed by atoms with van der Waals surface area (Å²) in [4.78, 5) is 12.7. The summed E-state index contributed by atoms with van der Waals surface area (Å²) in [6, 6.07) is 15.8. The molecule has 9 heteroatoms. The normalized spacial score (nSPS) is 11.3. The van der Waals surface area contributed by atoms with Crippen LogP contribution in [0.15, 0.2) is 59.5 Å². The smallest absolute Gasteiger partial charge is 0.262 e. The van der Waals surface area contributed by atoms with Gasteiger partial charge >= 0.3 is 0 Å². The third-order valence-electron chi connectivity index (χ3n) is 5.16. The third-order valence-corrected chi connectivity index (χ3v) is 8.44. The van der Waals surface area contributed by atoms with Crippen LogP contribution in [-0.2, 0) is 15.8 Å². The quantitative estimate of drug-likeness (QED) is 0.311. The lowest BCUT2D eigenvalue weighted by atomic mass is 10.1. The minimum Gasteiger partial charge on any atom is -0.351 e. The van der Waals surface area contributed by atoms with Crippen LogP contribution in [0.25, 0.3) is 0 Å². The number of thioether (sulfide) groups is 1. The average Bonchev–Trinajstić information content (AvgIpc) is 2.78. The van der Waals surface area contributed by atoms with Gasteiger partial charge in [-0.1, -0.05) is 47.5 Å². The molecule has 180 valence electrons. The van der Waals surface area contributed by atoms with Crippen LogP contribution in [0.3, 0.4) is 0 Å². The molecule has 0 spiro atoms. The number of sulfonamides is 1. The Bertz CT molecular complexity index is 1310. The number of anilines is 1. The first kappa shape index (κ1) is 26.4. The summed E-state index contributed by atoms with van der Waals surface area (Å²) >= 11 is 13.6. The molecular formula is C25H26Cl2N2O3S2. The van der Waals surface area contributed by atoms with E-state index in [0.29, 0.717) is 39.2 Å². The van der Waals surface area contributed by atoms with Crippen LogP contribution < -0.4 is 10.0 Å². The standard InChI is InChI=1S/C25H26Cl2N2O3S2/c1-16-4-5-17(2)23(12-16)29-34(31,32)24-14-20(8-6-18(24)3)25(30)28-10-11-33-15-19-7-9-21(26)22(27)13-19/h4-9,12-14,29H,10-11,15H2,1-3H3,(H,28,30). The molecule has 0 saturated carbocycles. The van der Waals surface area contributed by atoms with Crippen molar-refractivity contribution in [1.82, 2.24) is 5.32 Å². The zero-order valence-electron chi connectivity index (χ0n) is 19.1. The molecule has 1 amide bonds. The molecule has 0 aliphatic heterocycles. The van der Waals surface area contributed by atoms with Crippen LogP contribution in [0, 0.1) is 20.8 Å². The minimum absolute atomic E-state index is 0.0787. The molecule has 0 bridgehead atoms. The zero-order chi connectivity index (χ0) is 24.9. The van der Waals surface area contributed by atoms with E-state index in [-0.39, 0.29) is 10.8 Å². The molecule has 34 heavy (non-hydrogen) atoms. The molecule has 2 N–H and O–H groups in total. The van der Waals surface area contributed by atoms with Gasteiger partial charge in [-0.05, 0) is 73.4 Å². The number of carbonyl (C=O) groups excluding carboxylic acids is 1. The van der Waals surface area contributed by atoms with Gasteiger partial charge < -0.3 is 5.32 Å². The molecule has 0 heterocycles. The van der Waals surface area contributed by atoms with Crippen molar-refractivity contribution in [3.8, 4) is 0 Å². The van der Waals surface area contributed by atoms with E-state index >= 15 is 0 Å². The van der Waals surface area contributed by atoms with E-state index in [1.54, 1.807) is 43.0 Å². The van der Waals surface area contributed by atoms with Crippen LogP contribution in [0.1, 0.15) is 32.6 Å². The Morgan fingerprint density at radius 2 is 1.65 bits per heavy atom. The van der Waals surface area contributed by atoms with Crippen molar-refractivity contribution in [2.75, 3.05) is 17.0 Å². The molecule has 3 rings (SSSR count). The van der Waals surface area contributed by atoms with Gasteiger partial charge in [-0.2, -0.15) is 11.8 Å². The summed E-state index contributed by atoms with van der Waals surface area (Å²) in [5.41, 5.74) is 4.20. The Balaban J connectivity index is 1.61. The second-order valence-electron chi connectivity index (χ2n) is 7.96. The number of nitrogens with one attached hydrogen (secondary N) is 2. The highest BCUT2D eigenvalue weighted by atomic mass is 35.5. The summed E-state index contributed by atoms with van der Waals surface area (Å²) in [6.45, 7) is 5.89. The van der Waals surface area contributed by atoms with Gasteiger partial charge in [0.05, 0.1) is 20.6 Å². The fourth-order valence-electron chi connectivity index (χ4n) is 3.23. The number of halogens is 2. The van der Waals surface area contributed by atoms with E-state index in [1.807, 2.05) is 38.1 Å². The Hall–Kier alpha value is -2.19. The van der Waals surface area contributed by atoms with E-state index in [9.17, 15) is 13.2 Å². The molecule has 0 radical (unpaired) electrons. The van der Waals surface area contributed by atoms with Gasteiger partial charge in [0.25, 0.3) is 15.9 Å². The largest absolute Gasteiger partial charge is 0.351 e. The fourth-order valence-corrected chi connectivity index (χ4v) is 5.75. The lowest BCUT2D eigenvalue weighted by Crippen LogP contribution is -2.26. The highest BCUT2D eigenvalue weighted by molar-refractivity contribution is 7.98. The predicted molar refractivity (Wildman–Crippen MR) is 143 cm³/mol. The monoisotopic (exact) mass is 536 g/mol. The number of aryl methyl sites for hydroxylation is 3. The molecule has 3 aromatic rings. The zero-order valence-corrected chi connectivity index (χ0v) is 22.3. The van der Waals surface area contributed by atoms with Crippen LogP contribution in [0.5, 0.6) is 0 Å². The molecule has 0 atom stereocenters. The highest BCUT2D eigenvalue weighted by Gasteiger charge is 2.20. The summed E-state index contributed by atoms with van der Waals surface area (Å²) in [5, 5.41) is 3.89. The van der Waals surface area contributed by atoms with Crippen molar-refractivity contribution in [1.29, 1.82) is 0 Å². The van der Waals surface area contributed by atoms with Crippen LogP contribution >= 0.6 is 35.0 Å². The van der Waals surface area contributed by atoms with Gasteiger partial charge in [0.15, 0.2) is 0 Å². The Labute approximate surface area is 215 Å². The first-order chi connectivity index (χ1) is 16.1. The van der Waals surface area contributed by atoms with E-state index in [1.165, 1.54) is 6.07 Å². The Kier molecular flexibility index (Phi) is 8.93. The van der Waals surface area contributed by atoms with Crippen molar-refractivity contribution in [3.05, 3.63) is 92.5 Å². The van der Waals surface area contributed by atoms with Gasteiger partial charge in [-0.25, -0.2) is 8.42 Å². The van der Waals surface area contributed by atoms with E-state index in [4.69, 9.17) is 23.2 Å². The lowest BCUT2D eigenvalue weighted by molar-refractivity contribution is 0.0956. The van der Waals surface area contributed by atoms with Crippen LogP contribution in [0.2, 0.25) is 10.0 Å². The summed E-state index contributed by atoms with van der Waals surface area (Å²) in [7, 11) is -3.86. The van der Waals surface area contributed by atoms with Gasteiger partial charge in [-0.3, -0.25) is 9.52 Å². The van der Waals surface area contributed by atoms with Gasteiger partial charge in [0, 0.05) is 23.6 Å². The van der Waals surface area contributed by atoms with Gasteiger partial charge in [0.2, 0.25) is 0 Å². The fraction of sp³-hybridized carbons (Fsp3) is 0.240. The van der Waals surface area contributed by atoms with Gasteiger partial charge in [0.1, 0.15) is 0 Å². The second-order valence-corrected chi connectivity index (χ2v) is 11.5. The number of hydrogen-bond acceptors (Lipinski definition) is 4. The number of benzene rings is 3. The van der Waals surface area contributed by atoms with E-state index in [2.05, 4.69) is 10.0 Å². The van der Waals surface area contributed by atoms with Gasteiger partial charge in [-0.15, -0.1) is 0 Å². The summed E-state index contributed by atoms with van der Waals surface area (Å²) in [6.07, 6.45) is 0. The maximum atomic E-state index is 13.1. The number of amides is 1.